The first-order valence-electron chi connectivity index (χ1n) is 5.92. The summed E-state index contributed by atoms with van der Waals surface area (Å²) < 4.78 is 14.0. The molecule has 2 aromatic rings. The largest absolute Gasteiger partial charge is 0.368 e. The Morgan fingerprint density at radius 3 is 2.83 bits per heavy atom. The van der Waals surface area contributed by atoms with Gasteiger partial charge in [-0.25, -0.2) is 4.39 Å². The molecule has 0 saturated carbocycles. The van der Waals surface area contributed by atoms with E-state index in [1.54, 1.807) is 17.4 Å². The van der Waals surface area contributed by atoms with E-state index in [-0.39, 0.29) is 5.82 Å². The molecule has 0 radical (unpaired) electrons. The lowest BCUT2D eigenvalue weighted by molar-refractivity contribution is 0.619. The van der Waals surface area contributed by atoms with E-state index in [1.165, 1.54) is 11.6 Å². The van der Waals surface area contributed by atoms with Crippen LogP contribution in [0.2, 0.25) is 0 Å². The van der Waals surface area contributed by atoms with E-state index in [1.807, 2.05) is 23.4 Å². The quantitative estimate of drug-likeness (QED) is 0.899. The summed E-state index contributed by atoms with van der Waals surface area (Å²) in [7, 11) is 1.91. The van der Waals surface area contributed by atoms with Crippen LogP contribution in [0.3, 0.4) is 0 Å². The van der Waals surface area contributed by atoms with Crippen LogP contribution in [0.15, 0.2) is 35.0 Å². The van der Waals surface area contributed by atoms with Crippen LogP contribution in [-0.4, -0.2) is 13.6 Å². The molecule has 0 fully saturated rings. The highest BCUT2D eigenvalue weighted by Gasteiger charge is 2.12. The third-order valence-corrected chi connectivity index (χ3v) is 3.60. The average Bonchev–Trinajstić information content (AvgIpc) is 2.82. The fourth-order valence-electron chi connectivity index (χ4n) is 2.08. The number of anilines is 1. The molecule has 4 heteroatoms. The second-order valence-electron chi connectivity index (χ2n) is 4.27. The van der Waals surface area contributed by atoms with Crippen LogP contribution >= 0.6 is 11.3 Å². The molecule has 18 heavy (non-hydrogen) atoms. The zero-order valence-electron chi connectivity index (χ0n) is 10.4. The molecule has 1 aromatic heterocycles. The van der Waals surface area contributed by atoms with Crippen molar-refractivity contribution < 1.29 is 4.39 Å². The molecule has 2 nitrogen and oxygen atoms in total. The van der Waals surface area contributed by atoms with Crippen LogP contribution in [0.1, 0.15) is 11.1 Å². The minimum Gasteiger partial charge on any atom is -0.368 e. The minimum absolute atomic E-state index is 0.182. The first kappa shape index (κ1) is 13.1. The lowest BCUT2D eigenvalue weighted by Crippen LogP contribution is -2.20. The topological polar surface area (TPSA) is 29.3 Å². The molecule has 0 unspecified atom stereocenters. The van der Waals surface area contributed by atoms with Crippen molar-refractivity contribution in [2.24, 2.45) is 5.73 Å². The summed E-state index contributed by atoms with van der Waals surface area (Å²) in [6.45, 7) is 1.24. The minimum atomic E-state index is -0.182. The van der Waals surface area contributed by atoms with Crippen molar-refractivity contribution in [2.75, 3.05) is 18.5 Å². The normalized spacial score (nSPS) is 10.6. The highest BCUT2D eigenvalue weighted by atomic mass is 32.1. The molecule has 0 amide bonds. The predicted molar refractivity (Wildman–Crippen MR) is 75.6 cm³/mol. The van der Waals surface area contributed by atoms with Gasteiger partial charge in [0.15, 0.2) is 0 Å². The zero-order valence-corrected chi connectivity index (χ0v) is 11.2. The molecule has 0 aliphatic heterocycles. The maximum Gasteiger partial charge on any atom is 0.146 e. The summed E-state index contributed by atoms with van der Waals surface area (Å²) in [5.74, 6) is -0.182. The van der Waals surface area contributed by atoms with E-state index in [0.29, 0.717) is 25.2 Å². The fraction of sp³-hybridized carbons (Fsp3) is 0.286. The van der Waals surface area contributed by atoms with Crippen LogP contribution in [0.5, 0.6) is 0 Å². The standard InChI is InChI=1S/C14H17FN2S/c1-17(9-11-6-8-18-10-11)14-12(5-7-16)3-2-4-13(14)15/h2-4,6,8,10H,5,7,9,16H2,1H3. The van der Waals surface area contributed by atoms with Crippen LogP contribution < -0.4 is 10.6 Å². The van der Waals surface area contributed by atoms with Crippen molar-refractivity contribution in [3.8, 4) is 0 Å². The van der Waals surface area contributed by atoms with E-state index in [0.717, 1.165) is 5.56 Å². The van der Waals surface area contributed by atoms with Gasteiger partial charge in [-0.3, -0.25) is 0 Å². The lowest BCUT2D eigenvalue weighted by Gasteiger charge is -2.22. The van der Waals surface area contributed by atoms with Gasteiger partial charge in [0.25, 0.3) is 0 Å². The number of hydrogen-bond acceptors (Lipinski definition) is 3. The van der Waals surface area contributed by atoms with Crippen molar-refractivity contribution in [1.29, 1.82) is 0 Å². The van der Waals surface area contributed by atoms with Gasteiger partial charge in [-0.15, -0.1) is 0 Å². The van der Waals surface area contributed by atoms with Gasteiger partial charge in [0, 0.05) is 13.6 Å². The van der Waals surface area contributed by atoms with E-state index < -0.39 is 0 Å². The Labute approximate surface area is 111 Å². The Hall–Kier alpha value is -1.39. The number of nitrogens with two attached hydrogens (primary N) is 1. The first-order valence-corrected chi connectivity index (χ1v) is 6.86. The molecule has 0 saturated heterocycles. The van der Waals surface area contributed by atoms with Crippen molar-refractivity contribution in [2.45, 2.75) is 13.0 Å². The van der Waals surface area contributed by atoms with Crippen LogP contribution in [0, 0.1) is 5.82 Å². The highest BCUT2D eigenvalue weighted by molar-refractivity contribution is 7.07. The molecule has 0 spiro atoms. The monoisotopic (exact) mass is 264 g/mol. The SMILES string of the molecule is CN(Cc1ccsc1)c1c(F)cccc1CCN. The number of thiophene rings is 1. The Kier molecular flexibility index (Phi) is 4.33. The third-order valence-electron chi connectivity index (χ3n) is 2.87. The fourth-order valence-corrected chi connectivity index (χ4v) is 2.74. The van der Waals surface area contributed by atoms with Crippen molar-refractivity contribution in [1.82, 2.24) is 0 Å². The lowest BCUT2D eigenvalue weighted by atomic mass is 10.1. The van der Waals surface area contributed by atoms with Gasteiger partial charge < -0.3 is 10.6 Å². The molecule has 0 atom stereocenters. The molecule has 2 N–H and O–H groups in total. The van der Waals surface area contributed by atoms with E-state index in [9.17, 15) is 4.39 Å². The number of para-hydroxylation sites is 1. The molecule has 0 aliphatic carbocycles. The molecule has 1 heterocycles. The van der Waals surface area contributed by atoms with Crippen molar-refractivity contribution in [3.05, 3.63) is 52.0 Å². The van der Waals surface area contributed by atoms with Crippen molar-refractivity contribution in [3.63, 3.8) is 0 Å². The van der Waals surface area contributed by atoms with Gasteiger partial charge in [-0.1, -0.05) is 12.1 Å². The maximum atomic E-state index is 14.0. The van der Waals surface area contributed by atoms with E-state index >= 15 is 0 Å². The molecule has 96 valence electrons. The Balaban J connectivity index is 2.25. The summed E-state index contributed by atoms with van der Waals surface area (Å²) in [6, 6.07) is 7.24. The molecule has 0 bridgehead atoms. The smallest absolute Gasteiger partial charge is 0.146 e. The molecular formula is C14H17FN2S. The highest BCUT2D eigenvalue weighted by Crippen LogP contribution is 2.25. The van der Waals surface area contributed by atoms with Gasteiger partial charge in [0.1, 0.15) is 5.82 Å². The van der Waals surface area contributed by atoms with Crippen molar-refractivity contribution >= 4 is 17.0 Å². The van der Waals surface area contributed by atoms with Gasteiger partial charge >= 0.3 is 0 Å². The predicted octanol–water partition coefficient (Wildman–Crippen LogP) is 3.02. The molecule has 2 rings (SSSR count). The Morgan fingerprint density at radius 1 is 1.33 bits per heavy atom. The van der Waals surface area contributed by atoms with Crippen LogP contribution in [0.4, 0.5) is 10.1 Å². The molecular weight excluding hydrogens is 247 g/mol. The van der Waals surface area contributed by atoms with Gasteiger partial charge in [0.05, 0.1) is 5.69 Å². The average molecular weight is 264 g/mol. The maximum absolute atomic E-state index is 14.0. The summed E-state index contributed by atoms with van der Waals surface area (Å²) in [6.07, 6.45) is 0.696. The number of hydrogen-bond donors (Lipinski definition) is 1. The van der Waals surface area contributed by atoms with Gasteiger partial charge in [-0.05, 0) is 47.0 Å². The number of benzene rings is 1. The summed E-state index contributed by atoms with van der Waals surface area (Å²) >= 11 is 1.66. The summed E-state index contributed by atoms with van der Waals surface area (Å²) in [5.41, 5.74) is 8.40. The van der Waals surface area contributed by atoms with Gasteiger partial charge in [0.2, 0.25) is 0 Å². The number of nitrogens with zero attached hydrogens (tertiary/aromatic N) is 1. The first-order chi connectivity index (χ1) is 8.72. The van der Waals surface area contributed by atoms with Crippen LogP contribution in [-0.2, 0) is 13.0 Å². The molecule has 1 aromatic carbocycles. The van der Waals surface area contributed by atoms with E-state index in [4.69, 9.17) is 5.73 Å². The Bertz CT molecular complexity index is 497. The van der Waals surface area contributed by atoms with E-state index in [2.05, 4.69) is 11.4 Å². The number of halogens is 1. The second kappa shape index (κ2) is 5.98. The van der Waals surface area contributed by atoms with Gasteiger partial charge in [-0.2, -0.15) is 11.3 Å². The summed E-state index contributed by atoms with van der Waals surface area (Å²) in [5, 5.41) is 4.12. The second-order valence-corrected chi connectivity index (χ2v) is 5.05. The number of rotatable bonds is 5. The third kappa shape index (κ3) is 2.89. The Morgan fingerprint density at radius 2 is 2.17 bits per heavy atom. The zero-order chi connectivity index (χ0) is 13.0. The van der Waals surface area contributed by atoms with Crippen LogP contribution in [0.25, 0.3) is 0 Å². The summed E-state index contributed by atoms with van der Waals surface area (Å²) in [4.78, 5) is 1.95. The molecule has 0 aliphatic rings.